The summed E-state index contributed by atoms with van der Waals surface area (Å²) in [6.45, 7) is 2.05. The van der Waals surface area contributed by atoms with Gasteiger partial charge in [0.15, 0.2) is 0 Å². The van der Waals surface area contributed by atoms with Crippen molar-refractivity contribution in [1.82, 2.24) is 20.1 Å². The largest absolute Gasteiger partial charge is 0.414 e. The molecule has 0 radical (unpaired) electrons. The molecule has 0 aliphatic heterocycles. The molecule has 2 rings (SSSR count). The number of amides is 1. The fraction of sp³-hybridized carbons (Fsp3) is 0.429. The van der Waals surface area contributed by atoms with E-state index >= 15 is 0 Å². The van der Waals surface area contributed by atoms with Crippen molar-refractivity contribution in [1.29, 1.82) is 0 Å². The Morgan fingerprint density at radius 2 is 2.22 bits per heavy atom. The number of nitrogens with zero attached hydrogens (tertiary/aromatic N) is 4. The maximum absolute atomic E-state index is 11.9. The number of aromatic nitrogens is 3. The monoisotopic (exact) mass is 355 g/mol. The highest BCUT2D eigenvalue weighted by Gasteiger charge is 2.19. The first-order chi connectivity index (χ1) is 11.0. The average molecular weight is 356 g/mol. The summed E-state index contributed by atoms with van der Waals surface area (Å²) in [7, 11) is 3.91. The number of thioether (sulfide) groups is 1. The van der Waals surface area contributed by atoms with Gasteiger partial charge in [0, 0.05) is 6.20 Å². The molecule has 1 amide bonds. The Morgan fingerprint density at radius 1 is 1.43 bits per heavy atom. The number of anilines is 1. The predicted octanol–water partition coefficient (Wildman–Crippen LogP) is 2.86. The van der Waals surface area contributed by atoms with Crippen molar-refractivity contribution in [2.24, 2.45) is 0 Å². The highest BCUT2D eigenvalue weighted by atomic mass is 35.5. The molecular formula is C14H18ClN5O2S. The van der Waals surface area contributed by atoms with E-state index in [0.717, 1.165) is 6.42 Å². The van der Waals surface area contributed by atoms with Gasteiger partial charge in [0.05, 0.1) is 16.8 Å². The molecule has 1 unspecified atom stereocenters. The summed E-state index contributed by atoms with van der Waals surface area (Å²) < 4.78 is 5.60. The van der Waals surface area contributed by atoms with Crippen LogP contribution < -0.4 is 5.32 Å². The molecule has 0 fully saturated rings. The van der Waals surface area contributed by atoms with Gasteiger partial charge in [-0.3, -0.25) is 9.69 Å². The summed E-state index contributed by atoms with van der Waals surface area (Å²) in [4.78, 5) is 17.9. The highest BCUT2D eigenvalue weighted by molar-refractivity contribution is 7.99. The topological polar surface area (TPSA) is 84.2 Å². The molecular weight excluding hydrogens is 338 g/mol. The summed E-state index contributed by atoms with van der Waals surface area (Å²) in [5.74, 6) is 0.957. The second-order valence-corrected chi connectivity index (χ2v) is 6.36. The van der Waals surface area contributed by atoms with Gasteiger partial charge < -0.3 is 9.73 Å². The van der Waals surface area contributed by atoms with E-state index in [2.05, 4.69) is 20.5 Å². The molecule has 2 heterocycles. The summed E-state index contributed by atoms with van der Waals surface area (Å²) in [6, 6.07) is 3.37. The number of halogens is 1. The average Bonchev–Trinajstić information content (AvgIpc) is 2.96. The second kappa shape index (κ2) is 8.28. The Bertz CT molecular complexity index is 647. The Hall–Kier alpha value is -1.64. The third-order valence-electron chi connectivity index (χ3n) is 3.04. The fourth-order valence-electron chi connectivity index (χ4n) is 1.93. The lowest BCUT2D eigenvalue weighted by molar-refractivity contribution is -0.113. The van der Waals surface area contributed by atoms with Crippen LogP contribution in [-0.4, -0.2) is 45.8 Å². The van der Waals surface area contributed by atoms with Crippen LogP contribution in [0.15, 0.2) is 28.0 Å². The van der Waals surface area contributed by atoms with Crippen LogP contribution in [-0.2, 0) is 4.79 Å². The van der Waals surface area contributed by atoms with Crippen LogP contribution >= 0.6 is 23.4 Å². The number of carbonyl (C=O) groups is 1. The normalized spacial score (nSPS) is 12.4. The lowest BCUT2D eigenvalue weighted by Gasteiger charge is -2.18. The van der Waals surface area contributed by atoms with E-state index < -0.39 is 0 Å². The Balaban J connectivity index is 1.87. The first kappa shape index (κ1) is 17.7. The van der Waals surface area contributed by atoms with Crippen molar-refractivity contribution in [2.45, 2.75) is 24.6 Å². The maximum atomic E-state index is 11.9. The van der Waals surface area contributed by atoms with Crippen molar-refractivity contribution in [3.05, 3.63) is 29.2 Å². The van der Waals surface area contributed by atoms with Crippen molar-refractivity contribution in [2.75, 3.05) is 25.2 Å². The van der Waals surface area contributed by atoms with Crippen molar-refractivity contribution >= 4 is 35.1 Å². The summed E-state index contributed by atoms with van der Waals surface area (Å²) in [6.07, 6.45) is 2.34. The molecule has 0 aromatic carbocycles. The van der Waals surface area contributed by atoms with E-state index in [1.807, 2.05) is 25.9 Å². The molecule has 1 atom stereocenters. The van der Waals surface area contributed by atoms with Gasteiger partial charge in [-0.15, -0.1) is 10.2 Å². The number of nitrogens with one attached hydrogen (secondary N) is 1. The Kier molecular flexibility index (Phi) is 6.37. The third-order valence-corrected chi connectivity index (χ3v) is 4.08. The van der Waals surface area contributed by atoms with Crippen LogP contribution in [0.3, 0.4) is 0 Å². The first-order valence-corrected chi connectivity index (χ1v) is 8.40. The molecule has 0 aliphatic rings. The Labute approximate surface area is 143 Å². The molecule has 0 bridgehead atoms. The standard InChI is InChI=1S/C14H18ClN5O2S/c1-4-10(20(2)3)13-18-19-14(22-13)23-8-12(21)17-11-6-5-9(15)7-16-11/h5-7,10H,4,8H2,1-3H3,(H,16,17,21). The van der Waals surface area contributed by atoms with Crippen LogP contribution in [0.5, 0.6) is 0 Å². The van der Waals surface area contributed by atoms with E-state index in [1.54, 1.807) is 12.1 Å². The summed E-state index contributed by atoms with van der Waals surface area (Å²) in [5, 5.41) is 11.6. The fourth-order valence-corrected chi connectivity index (χ4v) is 2.61. The van der Waals surface area contributed by atoms with Gasteiger partial charge in [0.1, 0.15) is 5.82 Å². The van der Waals surface area contributed by atoms with Gasteiger partial charge >= 0.3 is 0 Å². The van der Waals surface area contributed by atoms with Gasteiger partial charge in [0.2, 0.25) is 11.8 Å². The Morgan fingerprint density at radius 3 is 2.83 bits per heavy atom. The molecule has 0 spiro atoms. The van der Waals surface area contributed by atoms with Gasteiger partial charge in [-0.25, -0.2) is 4.98 Å². The van der Waals surface area contributed by atoms with Crippen LogP contribution in [0, 0.1) is 0 Å². The highest BCUT2D eigenvalue weighted by Crippen LogP contribution is 2.24. The molecule has 23 heavy (non-hydrogen) atoms. The zero-order valence-electron chi connectivity index (χ0n) is 13.1. The minimum absolute atomic E-state index is 0.0731. The van der Waals surface area contributed by atoms with Crippen molar-refractivity contribution in [3.8, 4) is 0 Å². The van der Waals surface area contributed by atoms with E-state index in [0.29, 0.717) is 22.0 Å². The van der Waals surface area contributed by atoms with E-state index in [1.165, 1.54) is 18.0 Å². The lowest BCUT2D eigenvalue weighted by atomic mass is 10.2. The van der Waals surface area contributed by atoms with Gasteiger partial charge in [-0.2, -0.15) is 0 Å². The predicted molar refractivity (Wildman–Crippen MR) is 89.6 cm³/mol. The number of hydrogen-bond acceptors (Lipinski definition) is 7. The second-order valence-electron chi connectivity index (χ2n) is 4.99. The molecule has 9 heteroatoms. The van der Waals surface area contributed by atoms with E-state index in [9.17, 15) is 4.79 Å². The van der Waals surface area contributed by atoms with Crippen LogP contribution in [0.25, 0.3) is 0 Å². The minimum atomic E-state index is -0.204. The SMILES string of the molecule is CCC(c1nnc(SCC(=O)Nc2ccc(Cl)cn2)o1)N(C)C. The summed E-state index contributed by atoms with van der Waals surface area (Å²) in [5.41, 5.74) is 0. The molecule has 1 N–H and O–H groups in total. The maximum Gasteiger partial charge on any atom is 0.277 e. The number of rotatable bonds is 7. The molecule has 124 valence electrons. The van der Waals surface area contributed by atoms with Crippen LogP contribution in [0.1, 0.15) is 25.3 Å². The third kappa shape index (κ3) is 5.19. The quantitative estimate of drug-likeness (QED) is 0.764. The van der Waals surface area contributed by atoms with Crippen molar-refractivity contribution < 1.29 is 9.21 Å². The molecule has 0 aliphatic carbocycles. The molecule has 2 aromatic rings. The number of pyridine rings is 1. The van der Waals surface area contributed by atoms with E-state index in [-0.39, 0.29) is 17.7 Å². The van der Waals surface area contributed by atoms with Gasteiger partial charge in [-0.1, -0.05) is 30.3 Å². The van der Waals surface area contributed by atoms with Gasteiger partial charge in [0.25, 0.3) is 5.22 Å². The van der Waals surface area contributed by atoms with Crippen molar-refractivity contribution in [3.63, 3.8) is 0 Å². The molecule has 2 aromatic heterocycles. The minimum Gasteiger partial charge on any atom is -0.414 e. The van der Waals surface area contributed by atoms with Crippen LogP contribution in [0.4, 0.5) is 5.82 Å². The zero-order valence-corrected chi connectivity index (χ0v) is 14.7. The lowest BCUT2D eigenvalue weighted by Crippen LogP contribution is -2.19. The molecule has 7 nitrogen and oxygen atoms in total. The number of hydrogen-bond donors (Lipinski definition) is 1. The summed E-state index contributed by atoms with van der Waals surface area (Å²) >= 11 is 6.93. The number of carbonyl (C=O) groups excluding carboxylic acids is 1. The molecule has 0 saturated heterocycles. The smallest absolute Gasteiger partial charge is 0.277 e. The first-order valence-electron chi connectivity index (χ1n) is 7.03. The molecule has 0 saturated carbocycles. The zero-order chi connectivity index (χ0) is 16.8. The van der Waals surface area contributed by atoms with Crippen LogP contribution in [0.2, 0.25) is 5.02 Å². The van der Waals surface area contributed by atoms with E-state index in [4.69, 9.17) is 16.0 Å². The van der Waals surface area contributed by atoms with Gasteiger partial charge in [-0.05, 0) is 32.6 Å².